The Morgan fingerprint density at radius 1 is 1.06 bits per heavy atom. The van der Waals surface area contributed by atoms with E-state index in [0.717, 1.165) is 25.0 Å². The van der Waals surface area contributed by atoms with E-state index in [9.17, 15) is 9.90 Å². The number of aromatic nitrogens is 3. The van der Waals surface area contributed by atoms with Crippen LogP contribution in [0.5, 0.6) is 11.5 Å². The first-order valence-electron chi connectivity index (χ1n) is 12.0. The smallest absolute Gasteiger partial charge is 0.259 e. The summed E-state index contributed by atoms with van der Waals surface area (Å²) in [4.78, 5) is 24.5. The van der Waals surface area contributed by atoms with E-state index in [4.69, 9.17) is 16.3 Å². The van der Waals surface area contributed by atoms with Crippen LogP contribution in [0.15, 0.2) is 59.7 Å². The number of aryl methyl sites for hydroxylation is 1. The molecular weight excluding hydrogens is 478 g/mol. The summed E-state index contributed by atoms with van der Waals surface area (Å²) in [6, 6.07) is 12.0. The topological polar surface area (TPSA) is 92.5 Å². The fourth-order valence-electron chi connectivity index (χ4n) is 4.12. The van der Waals surface area contributed by atoms with E-state index in [2.05, 4.69) is 34.0 Å². The van der Waals surface area contributed by atoms with Gasteiger partial charge in [-0.1, -0.05) is 31.5 Å². The van der Waals surface area contributed by atoms with Crippen LogP contribution in [0.2, 0.25) is 5.02 Å². The number of aromatic hydroxyl groups is 1. The number of likely N-dealkylation sites (N-methyl/N-ethyl adjacent to an activating group) is 1. The number of ether oxygens (including phenoxy) is 1. The molecular formula is C27H30ClN5O3. The van der Waals surface area contributed by atoms with Crippen LogP contribution < -0.4 is 15.6 Å². The number of phenols is 1. The van der Waals surface area contributed by atoms with E-state index >= 15 is 0 Å². The van der Waals surface area contributed by atoms with Crippen molar-refractivity contribution in [2.45, 2.75) is 27.3 Å². The highest BCUT2D eigenvalue weighted by Crippen LogP contribution is 2.35. The highest BCUT2D eigenvalue weighted by Gasteiger charge is 2.17. The lowest BCUT2D eigenvalue weighted by Crippen LogP contribution is -2.27. The molecule has 0 bridgehead atoms. The first-order chi connectivity index (χ1) is 17.4. The van der Waals surface area contributed by atoms with Crippen molar-refractivity contribution in [2.75, 3.05) is 31.6 Å². The van der Waals surface area contributed by atoms with Gasteiger partial charge < -0.3 is 24.6 Å². The first-order valence-corrected chi connectivity index (χ1v) is 12.4. The second-order valence-corrected chi connectivity index (χ2v) is 8.66. The zero-order valence-corrected chi connectivity index (χ0v) is 21.4. The number of hydrogen-bond acceptors (Lipinski definition) is 7. The molecule has 3 heterocycles. The monoisotopic (exact) mass is 507 g/mol. The molecule has 188 valence electrons. The Labute approximate surface area is 215 Å². The third-order valence-corrected chi connectivity index (χ3v) is 6.43. The molecule has 4 rings (SSSR count). The molecule has 2 N–H and O–H groups in total. The quantitative estimate of drug-likeness (QED) is 0.301. The molecule has 9 heteroatoms. The van der Waals surface area contributed by atoms with E-state index in [1.54, 1.807) is 35.2 Å². The lowest BCUT2D eigenvalue weighted by Gasteiger charge is -2.18. The molecule has 0 aliphatic rings. The maximum absolute atomic E-state index is 13.3. The van der Waals surface area contributed by atoms with Crippen molar-refractivity contribution in [3.8, 4) is 22.6 Å². The van der Waals surface area contributed by atoms with Crippen molar-refractivity contribution in [3.63, 3.8) is 0 Å². The van der Waals surface area contributed by atoms with E-state index in [0.29, 0.717) is 52.2 Å². The van der Waals surface area contributed by atoms with Crippen molar-refractivity contribution in [1.29, 1.82) is 0 Å². The molecule has 36 heavy (non-hydrogen) atoms. The van der Waals surface area contributed by atoms with E-state index in [1.807, 2.05) is 25.1 Å². The lowest BCUT2D eigenvalue weighted by molar-refractivity contribution is 0.222. The number of hydrogen-bond donors (Lipinski definition) is 2. The number of nitrogens with zero attached hydrogens (tertiary/aromatic N) is 4. The largest absolute Gasteiger partial charge is 0.507 e. The Morgan fingerprint density at radius 2 is 1.83 bits per heavy atom. The van der Waals surface area contributed by atoms with Crippen LogP contribution >= 0.6 is 11.6 Å². The second kappa shape index (κ2) is 11.4. The van der Waals surface area contributed by atoms with Crippen LogP contribution in [0.25, 0.3) is 22.0 Å². The van der Waals surface area contributed by atoms with Crippen molar-refractivity contribution >= 4 is 34.1 Å². The zero-order chi connectivity index (χ0) is 25.7. The molecule has 8 nitrogen and oxygen atoms in total. The molecule has 0 saturated carbocycles. The maximum atomic E-state index is 13.3. The fourth-order valence-corrected chi connectivity index (χ4v) is 4.39. The predicted octanol–water partition coefficient (Wildman–Crippen LogP) is 5.30. The number of phenolic OH excluding ortho intramolecular Hbond substituents is 1. The standard InChI is InChI=1S/C27H30ClN5O3/c1-4-32(5-2)12-13-36-19-10-11-24(30-17-19)31-25-15-22-18(16-29-25)14-20(27(35)33(22)6-3)26-21(28)8-7-9-23(26)34/h7-11,14-17,34H,4-6,12-13H2,1-3H3,(H,29,30,31). The normalized spacial score (nSPS) is 11.2. The summed E-state index contributed by atoms with van der Waals surface area (Å²) in [6.45, 7) is 10.1. The number of halogens is 1. The van der Waals surface area contributed by atoms with E-state index in [-0.39, 0.29) is 11.3 Å². The minimum atomic E-state index is -0.241. The Morgan fingerprint density at radius 3 is 2.50 bits per heavy atom. The lowest BCUT2D eigenvalue weighted by atomic mass is 10.0. The van der Waals surface area contributed by atoms with Gasteiger partial charge in [-0.2, -0.15) is 0 Å². The van der Waals surface area contributed by atoms with Gasteiger partial charge in [0.15, 0.2) is 0 Å². The Kier molecular flexibility index (Phi) is 8.07. The van der Waals surface area contributed by atoms with Gasteiger partial charge in [-0.15, -0.1) is 0 Å². The van der Waals surface area contributed by atoms with E-state index in [1.165, 1.54) is 6.07 Å². The molecule has 3 aromatic heterocycles. The van der Waals surface area contributed by atoms with Crippen molar-refractivity contribution < 1.29 is 9.84 Å². The van der Waals surface area contributed by atoms with Crippen LogP contribution in [-0.2, 0) is 6.54 Å². The van der Waals surface area contributed by atoms with Crippen molar-refractivity contribution in [3.05, 3.63) is 70.2 Å². The molecule has 0 atom stereocenters. The van der Waals surface area contributed by atoms with Crippen LogP contribution in [0.4, 0.5) is 11.6 Å². The first kappa shape index (κ1) is 25.5. The molecule has 0 amide bonds. The minimum absolute atomic E-state index is 0.0422. The third kappa shape index (κ3) is 5.45. The van der Waals surface area contributed by atoms with Gasteiger partial charge in [-0.05, 0) is 50.3 Å². The second-order valence-electron chi connectivity index (χ2n) is 8.25. The van der Waals surface area contributed by atoms with Crippen LogP contribution in [0, 0.1) is 0 Å². The van der Waals surface area contributed by atoms with Crippen molar-refractivity contribution in [2.24, 2.45) is 0 Å². The highest BCUT2D eigenvalue weighted by molar-refractivity contribution is 6.33. The summed E-state index contributed by atoms with van der Waals surface area (Å²) >= 11 is 6.31. The number of rotatable bonds is 10. The zero-order valence-electron chi connectivity index (χ0n) is 20.7. The molecule has 0 aliphatic heterocycles. The van der Waals surface area contributed by atoms with Gasteiger partial charge in [0.05, 0.1) is 22.3 Å². The number of pyridine rings is 3. The molecule has 0 aliphatic carbocycles. The van der Waals surface area contributed by atoms with Crippen LogP contribution in [-0.4, -0.2) is 50.8 Å². The molecule has 1 aromatic carbocycles. The molecule has 0 unspecified atom stereocenters. The van der Waals surface area contributed by atoms with Gasteiger partial charge in [-0.3, -0.25) is 4.79 Å². The number of nitrogens with one attached hydrogen (secondary N) is 1. The van der Waals surface area contributed by atoms with Gasteiger partial charge >= 0.3 is 0 Å². The van der Waals surface area contributed by atoms with Crippen molar-refractivity contribution in [1.82, 2.24) is 19.4 Å². The average molecular weight is 508 g/mol. The summed E-state index contributed by atoms with van der Waals surface area (Å²) in [7, 11) is 0. The molecule has 0 radical (unpaired) electrons. The van der Waals surface area contributed by atoms with Gasteiger partial charge in [0.1, 0.15) is 29.7 Å². The van der Waals surface area contributed by atoms with Gasteiger partial charge in [0.2, 0.25) is 0 Å². The Balaban J connectivity index is 1.57. The fraction of sp³-hybridized carbons (Fsp3) is 0.296. The van der Waals surface area contributed by atoms with E-state index < -0.39 is 0 Å². The molecule has 0 fully saturated rings. The summed E-state index contributed by atoms with van der Waals surface area (Å²) in [5.74, 6) is 1.83. The Bertz CT molecular complexity index is 1380. The summed E-state index contributed by atoms with van der Waals surface area (Å²) in [6.07, 6.45) is 3.36. The van der Waals surface area contributed by atoms with Crippen LogP contribution in [0.1, 0.15) is 20.8 Å². The third-order valence-electron chi connectivity index (χ3n) is 6.12. The summed E-state index contributed by atoms with van der Waals surface area (Å²) in [5, 5.41) is 14.6. The van der Waals surface area contributed by atoms with Crippen LogP contribution in [0.3, 0.4) is 0 Å². The average Bonchev–Trinajstić information content (AvgIpc) is 2.88. The summed E-state index contributed by atoms with van der Waals surface area (Å²) < 4.78 is 7.44. The van der Waals surface area contributed by atoms with Gasteiger partial charge in [-0.25, -0.2) is 9.97 Å². The number of anilines is 2. The molecule has 0 spiro atoms. The van der Waals surface area contributed by atoms with Gasteiger partial charge in [0, 0.05) is 36.3 Å². The molecule has 0 saturated heterocycles. The van der Waals surface area contributed by atoms with Gasteiger partial charge in [0.25, 0.3) is 5.56 Å². The SMILES string of the molecule is CCN(CC)CCOc1ccc(Nc2cc3c(cn2)cc(-c2c(O)cccc2Cl)c(=O)n3CC)nc1. The number of fused-ring (bicyclic) bond motifs is 1. The minimum Gasteiger partial charge on any atom is -0.507 e. The molecule has 4 aromatic rings. The maximum Gasteiger partial charge on any atom is 0.259 e. The predicted molar refractivity (Wildman–Crippen MR) is 145 cm³/mol. The Hall–Kier alpha value is -3.62. The highest BCUT2D eigenvalue weighted by atomic mass is 35.5. The number of benzene rings is 1. The summed E-state index contributed by atoms with van der Waals surface area (Å²) in [5.41, 5.74) is 1.12.